The summed E-state index contributed by atoms with van der Waals surface area (Å²) in [5.74, 6) is 1.58. The molecule has 0 unspecified atom stereocenters. The summed E-state index contributed by atoms with van der Waals surface area (Å²) in [6, 6.07) is 15.0. The average molecular weight is 386 g/mol. The molecule has 7 heteroatoms. The Hall–Kier alpha value is -2.86. The predicted octanol–water partition coefficient (Wildman–Crippen LogP) is 3.99. The highest BCUT2D eigenvalue weighted by Gasteiger charge is 2.16. The highest BCUT2D eigenvalue weighted by atomic mass is 35.5. The molecule has 1 heterocycles. The Bertz CT molecular complexity index is 909. The van der Waals surface area contributed by atoms with Crippen LogP contribution in [0.5, 0.6) is 5.75 Å². The number of carbonyl (C=O) groups is 1. The lowest BCUT2D eigenvalue weighted by Crippen LogP contribution is -2.26. The van der Waals surface area contributed by atoms with Crippen LogP contribution in [0.4, 0.5) is 0 Å². The third kappa shape index (κ3) is 4.86. The first kappa shape index (κ1) is 18.9. The smallest absolute Gasteiger partial charge is 0.246 e. The van der Waals surface area contributed by atoms with E-state index in [-0.39, 0.29) is 12.5 Å². The maximum absolute atomic E-state index is 12.4. The van der Waals surface area contributed by atoms with E-state index in [1.165, 1.54) is 0 Å². The highest BCUT2D eigenvalue weighted by Crippen LogP contribution is 2.25. The van der Waals surface area contributed by atoms with Crippen LogP contribution in [-0.4, -0.2) is 35.1 Å². The van der Waals surface area contributed by atoms with Crippen molar-refractivity contribution in [3.63, 3.8) is 0 Å². The maximum atomic E-state index is 12.4. The van der Waals surface area contributed by atoms with Gasteiger partial charge in [0.2, 0.25) is 17.6 Å². The lowest BCUT2D eigenvalue weighted by molar-refractivity contribution is -0.130. The Morgan fingerprint density at radius 2 is 1.93 bits per heavy atom. The van der Waals surface area contributed by atoms with E-state index >= 15 is 0 Å². The number of halogens is 1. The minimum Gasteiger partial charge on any atom is -0.497 e. The van der Waals surface area contributed by atoms with E-state index in [4.69, 9.17) is 20.9 Å². The normalized spacial score (nSPS) is 10.6. The van der Waals surface area contributed by atoms with Crippen molar-refractivity contribution < 1.29 is 14.1 Å². The number of amides is 1. The minimum absolute atomic E-state index is 0.00307. The van der Waals surface area contributed by atoms with Crippen molar-refractivity contribution in [3.8, 4) is 17.1 Å². The third-order valence-corrected chi connectivity index (χ3v) is 4.50. The second kappa shape index (κ2) is 8.68. The lowest BCUT2D eigenvalue weighted by Gasteiger charge is -2.14. The predicted molar refractivity (Wildman–Crippen MR) is 103 cm³/mol. The van der Waals surface area contributed by atoms with Gasteiger partial charge in [0.25, 0.3) is 0 Å². The molecule has 0 aliphatic rings. The number of aromatic nitrogens is 2. The average Bonchev–Trinajstić information content (AvgIpc) is 3.15. The molecule has 3 aromatic rings. The van der Waals surface area contributed by atoms with Crippen LogP contribution >= 0.6 is 11.6 Å². The lowest BCUT2D eigenvalue weighted by atomic mass is 10.1. The first-order chi connectivity index (χ1) is 13.1. The van der Waals surface area contributed by atoms with Crippen molar-refractivity contribution in [3.05, 3.63) is 65.0 Å². The first-order valence-corrected chi connectivity index (χ1v) is 8.89. The molecule has 2 aromatic carbocycles. The monoisotopic (exact) mass is 385 g/mol. The van der Waals surface area contributed by atoms with Gasteiger partial charge in [0.15, 0.2) is 0 Å². The van der Waals surface area contributed by atoms with Crippen LogP contribution in [0.15, 0.2) is 53.1 Å². The zero-order valence-electron chi connectivity index (χ0n) is 15.2. The number of methoxy groups -OCH3 is 1. The van der Waals surface area contributed by atoms with E-state index < -0.39 is 0 Å². The maximum Gasteiger partial charge on any atom is 0.246 e. The van der Waals surface area contributed by atoms with E-state index in [0.717, 1.165) is 11.3 Å². The van der Waals surface area contributed by atoms with Crippen LogP contribution < -0.4 is 4.74 Å². The van der Waals surface area contributed by atoms with Gasteiger partial charge >= 0.3 is 0 Å². The van der Waals surface area contributed by atoms with E-state index in [0.29, 0.717) is 35.1 Å². The van der Waals surface area contributed by atoms with Crippen molar-refractivity contribution >= 4 is 17.5 Å². The molecule has 0 bridgehead atoms. The van der Waals surface area contributed by atoms with E-state index in [9.17, 15) is 4.79 Å². The van der Waals surface area contributed by atoms with Crippen molar-refractivity contribution in [1.29, 1.82) is 0 Å². The molecule has 0 atom stereocenters. The summed E-state index contributed by atoms with van der Waals surface area (Å²) in [6.07, 6.45) is 1.05. The van der Waals surface area contributed by atoms with E-state index in [1.54, 1.807) is 25.1 Å². The van der Waals surface area contributed by atoms with Gasteiger partial charge < -0.3 is 14.2 Å². The second-order valence-corrected chi connectivity index (χ2v) is 6.50. The number of benzene rings is 2. The van der Waals surface area contributed by atoms with Crippen molar-refractivity contribution in [2.75, 3.05) is 14.2 Å². The molecule has 0 aliphatic carbocycles. The Morgan fingerprint density at radius 1 is 1.19 bits per heavy atom. The summed E-state index contributed by atoms with van der Waals surface area (Å²) >= 11 is 6.15. The molecule has 0 N–H and O–H groups in total. The topological polar surface area (TPSA) is 68.5 Å². The molecule has 0 aliphatic heterocycles. The molecule has 0 fully saturated rings. The number of hydrogen-bond donors (Lipinski definition) is 0. The van der Waals surface area contributed by atoms with Gasteiger partial charge in [-0.15, -0.1) is 0 Å². The molecular formula is C20H20ClN3O3. The number of aryl methyl sites for hydroxylation is 1. The van der Waals surface area contributed by atoms with Crippen LogP contribution in [0.1, 0.15) is 17.9 Å². The van der Waals surface area contributed by atoms with Crippen LogP contribution in [0, 0.1) is 0 Å². The molecule has 0 saturated carbocycles. The third-order valence-electron chi connectivity index (χ3n) is 4.17. The summed E-state index contributed by atoms with van der Waals surface area (Å²) in [7, 11) is 3.35. The van der Waals surface area contributed by atoms with E-state index in [1.807, 2.05) is 42.5 Å². The Morgan fingerprint density at radius 3 is 2.63 bits per heavy atom. The van der Waals surface area contributed by atoms with Gasteiger partial charge in [-0.25, -0.2) is 0 Å². The van der Waals surface area contributed by atoms with Gasteiger partial charge in [0.1, 0.15) is 5.75 Å². The number of rotatable bonds is 7. The molecule has 3 rings (SSSR count). The van der Waals surface area contributed by atoms with E-state index in [2.05, 4.69) is 10.1 Å². The van der Waals surface area contributed by atoms with Crippen LogP contribution in [0.3, 0.4) is 0 Å². The van der Waals surface area contributed by atoms with Gasteiger partial charge in [-0.3, -0.25) is 4.79 Å². The van der Waals surface area contributed by atoms with Crippen molar-refractivity contribution in [2.24, 2.45) is 0 Å². The minimum atomic E-state index is 0.00307. The molecule has 1 aromatic heterocycles. The molecule has 0 saturated heterocycles. The molecule has 1 amide bonds. The molecular weight excluding hydrogens is 366 g/mol. The van der Waals surface area contributed by atoms with Gasteiger partial charge in [-0.05, 0) is 36.2 Å². The summed E-state index contributed by atoms with van der Waals surface area (Å²) in [5.41, 5.74) is 1.78. The summed E-state index contributed by atoms with van der Waals surface area (Å²) in [6.45, 7) is 0.249. The number of nitrogens with zero attached hydrogens (tertiary/aromatic N) is 3. The second-order valence-electron chi connectivity index (χ2n) is 6.09. The highest BCUT2D eigenvalue weighted by molar-refractivity contribution is 6.33. The summed E-state index contributed by atoms with van der Waals surface area (Å²) in [5, 5.41) is 4.50. The molecule has 6 nitrogen and oxygen atoms in total. The molecule has 140 valence electrons. The fourth-order valence-corrected chi connectivity index (χ4v) is 2.82. The quantitative estimate of drug-likeness (QED) is 0.615. The van der Waals surface area contributed by atoms with Gasteiger partial charge in [-0.2, -0.15) is 4.98 Å². The zero-order valence-corrected chi connectivity index (χ0v) is 15.9. The van der Waals surface area contributed by atoms with Crippen LogP contribution in [0.25, 0.3) is 11.4 Å². The number of carbonyl (C=O) groups excluding carboxylic acids is 1. The largest absolute Gasteiger partial charge is 0.497 e. The molecule has 0 spiro atoms. The Kier molecular flexibility index (Phi) is 6.08. The van der Waals surface area contributed by atoms with Crippen LogP contribution in [-0.2, 0) is 17.8 Å². The number of ether oxygens (including phenoxy) is 1. The van der Waals surface area contributed by atoms with Gasteiger partial charge in [-0.1, -0.05) is 41.0 Å². The van der Waals surface area contributed by atoms with Crippen LogP contribution in [0.2, 0.25) is 5.02 Å². The zero-order chi connectivity index (χ0) is 19.2. The fraction of sp³-hybridized carbons (Fsp3) is 0.250. The standard InChI is InChI=1S/C20H20ClN3O3/c1-24(19(25)12-9-14-7-10-15(26-2)11-8-14)13-18-22-20(23-27-18)16-5-3-4-6-17(16)21/h3-8,10-11H,9,12-13H2,1-2H3. The first-order valence-electron chi connectivity index (χ1n) is 8.51. The Balaban J connectivity index is 1.56. The van der Waals surface area contributed by atoms with Gasteiger partial charge in [0, 0.05) is 19.0 Å². The summed E-state index contributed by atoms with van der Waals surface area (Å²) < 4.78 is 10.4. The summed E-state index contributed by atoms with van der Waals surface area (Å²) in [4.78, 5) is 18.3. The van der Waals surface area contributed by atoms with Gasteiger partial charge in [0.05, 0.1) is 18.7 Å². The van der Waals surface area contributed by atoms with Crippen molar-refractivity contribution in [2.45, 2.75) is 19.4 Å². The molecule has 0 radical (unpaired) electrons. The molecule has 27 heavy (non-hydrogen) atoms. The fourth-order valence-electron chi connectivity index (χ4n) is 2.60. The Labute approximate surface area is 162 Å². The number of hydrogen-bond acceptors (Lipinski definition) is 5. The SMILES string of the molecule is COc1ccc(CCC(=O)N(C)Cc2nc(-c3ccccc3Cl)no2)cc1. The van der Waals surface area contributed by atoms with Crippen molar-refractivity contribution in [1.82, 2.24) is 15.0 Å².